The van der Waals surface area contributed by atoms with E-state index < -0.39 is 0 Å². The summed E-state index contributed by atoms with van der Waals surface area (Å²) in [5.74, 6) is 1.02. The Kier molecular flexibility index (Phi) is 10.3. The summed E-state index contributed by atoms with van der Waals surface area (Å²) in [5.41, 5.74) is 1.33. The molecule has 132 valence electrons. The second kappa shape index (κ2) is 11.7. The summed E-state index contributed by atoms with van der Waals surface area (Å²) in [4.78, 5) is 2.68. The lowest BCUT2D eigenvalue weighted by molar-refractivity contribution is 0.136. The Morgan fingerprint density at radius 3 is 2.78 bits per heavy atom. The van der Waals surface area contributed by atoms with Crippen molar-refractivity contribution in [2.24, 2.45) is 0 Å². The smallest absolute Gasteiger partial charge is 0.122 e. The van der Waals surface area contributed by atoms with E-state index in [4.69, 9.17) is 9.84 Å². The van der Waals surface area contributed by atoms with Crippen LogP contribution in [-0.2, 0) is 6.42 Å². The van der Waals surface area contributed by atoms with Crippen LogP contribution in [-0.4, -0.2) is 42.9 Å². The minimum atomic E-state index is 0. The SMILES string of the molecule is COc1ccccc1CCC1CCCCN1CCCCCO.Cl. The number of nitrogens with zero attached hydrogens (tertiary/aromatic N) is 1. The molecular weight excluding hydrogens is 310 g/mol. The molecule has 2 rings (SSSR count). The highest BCUT2D eigenvalue weighted by Crippen LogP contribution is 2.25. The fraction of sp³-hybridized carbons (Fsp3) is 0.684. The quantitative estimate of drug-likeness (QED) is 0.687. The van der Waals surface area contributed by atoms with E-state index in [0.717, 1.165) is 25.0 Å². The number of aliphatic hydroxyl groups excluding tert-OH is 1. The van der Waals surface area contributed by atoms with Crippen LogP contribution < -0.4 is 4.74 Å². The number of benzene rings is 1. The van der Waals surface area contributed by atoms with Gasteiger partial charge in [-0.15, -0.1) is 12.4 Å². The van der Waals surface area contributed by atoms with Crippen LogP contribution in [0.2, 0.25) is 0 Å². The molecule has 1 N–H and O–H groups in total. The molecule has 0 amide bonds. The molecule has 1 aromatic rings. The summed E-state index contributed by atoms with van der Waals surface area (Å²) >= 11 is 0. The molecule has 0 saturated carbocycles. The molecule has 1 aliphatic rings. The Labute approximate surface area is 147 Å². The van der Waals surface area contributed by atoms with Crippen molar-refractivity contribution in [3.05, 3.63) is 29.8 Å². The lowest BCUT2D eigenvalue weighted by atomic mass is 9.95. The highest BCUT2D eigenvalue weighted by atomic mass is 35.5. The minimum absolute atomic E-state index is 0. The number of para-hydroxylation sites is 1. The molecule has 23 heavy (non-hydrogen) atoms. The molecule has 3 nitrogen and oxygen atoms in total. The molecule has 1 atom stereocenters. The maximum absolute atomic E-state index is 8.89. The number of rotatable bonds is 9. The van der Waals surface area contributed by atoms with Crippen molar-refractivity contribution >= 4 is 12.4 Å². The van der Waals surface area contributed by atoms with Crippen LogP contribution in [0.25, 0.3) is 0 Å². The number of halogens is 1. The van der Waals surface area contributed by atoms with Gasteiger partial charge in [-0.2, -0.15) is 0 Å². The molecular formula is C19H32ClNO2. The first kappa shape index (κ1) is 20.3. The van der Waals surface area contributed by atoms with Gasteiger partial charge in [-0.05, 0) is 69.7 Å². The predicted molar refractivity (Wildman–Crippen MR) is 98.7 cm³/mol. The van der Waals surface area contributed by atoms with Crippen LogP contribution in [0.5, 0.6) is 5.75 Å². The van der Waals surface area contributed by atoms with E-state index in [0.29, 0.717) is 12.6 Å². The van der Waals surface area contributed by atoms with Gasteiger partial charge in [0.15, 0.2) is 0 Å². The van der Waals surface area contributed by atoms with Gasteiger partial charge in [-0.1, -0.05) is 24.6 Å². The number of piperidine rings is 1. The van der Waals surface area contributed by atoms with E-state index in [1.807, 2.05) is 6.07 Å². The molecule has 1 saturated heterocycles. The lowest BCUT2D eigenvalue weighted by Crippen LogP contribution is -2.40. The Hall–Kier alpha value is -0.770. The fourth-order valence-electron chi connectivity index (χ4n) is 3.52. The van der Waals surface area contributed by atoms with E-state index in [1.165, 1.54) is 50.8 Å². The summed E-state index contributed by atoms with van der Waals surface area (Å²) in [6.07, 6.45) is 9.66. The van der Waals surface area contributed by atoms with Gasteiger partial charge >= 0.3 is 0 Å². The summed E-state index contributed by atoms with van der Waals surface area (Å²) in [6.45, 7) is 2.77. The first-order chi connectivity index (χ1) is 10.8. The summed E-state index contributed by atoms with van der Waals surface area (Å²) < 4.78 is 5.47. The number of unbranched alkanes of at least 4 members (excludes halogenated alkanes) is 2. The van der Waals surface area contributed by atoms with Crippen molar-refractivity contribution in [2.45, 2.75) is 57.4 Å². The van der Waals surface area contributed by atoms with Crippen molar-refractivity contribution in [1.82, 2.24) is 4.90 Å². The number of aliphatic hydroxyl groups is 1. The first-order valence-electron chi connectivity index (χ1n) is 8.82. The molecule has 0 radical (unpaired) electrons. The normalized spacial score (nSPS) is 18.4. The van der Waals surface area contributed by atoms with Gasteiger partial charge in [0.25, 0.3) is 0 Å². The molecule has 0 aromatic heterocycles. The number of ether oxygens (including phenoxy) is 1. The summed E-state index contributed by atoms with van der Waals surface area (Å²) in [7, 11) is 1.76. The molecule has 0 aliphatic carbocycles. The zero-order valence-corrected chi connectivity index (χ0v) is 15.2. The standard InChI is InChI=1S/C19H31NO2.ClH/c1-22-19-11-4-3-9-17(19)12-13-18-10-5-7-15-20(18)14-6-2-8-16-21;/h3-4,9,11,18,21H,2,5-8,10,12-16H2,1H3;1H. The zero-order chi connectivity index (χ0) is 15.6. The molecule has 1 fully saturated rings. The maximum atomic E-state index is 8.89. The van der Waals surface area contributed by atoms with Crippen molar-refractivity contribution in [3.8, 4) is 5.75 Å². The van der Waals surface area contributed by atoms with Crippen molar-refractivity contribution < 1.29 is 9.84 Å². The van der Waals surface area contributed by atoms with E-state index in [9.17, 15) is 0 Å². The van der Waals surface area contributed by atoms with E-state index in [-0.39, 0.29) is 12.4 Å². The van der Waals surface area contributed by atoms with Gasteiger partial charge < -0.3 is 14.7 Å². The monoisotopic (exact) mass is 341 g/mol. The van der Waals surface area contributed by atoms with Gasteiger partial charge in [0, 0.05) is 12.6 Å². The van der Waals surface area contributed by atoms with Gasteiger partial charge in [-0.25, -0.2) is 0 Å². The second-order valence-electron chi connectivity index (χ2n) is 6.32. The van der Waals surface area contributed by atoms with E-state index in [2.05, 4.69) is 23.1 Å². The van der Waals surface area contributed by atoms with Gasteiger partial charge in [0.05, 0.1) is 7.11 Å². The number of hydrogen-bond acceptors (Lipinski definition) is 3. The molecule has 1 heterocycles. The van der Waals surface area contributed by atoms with Crippen LogP contribution >= 0.6 is 12.4 Å². The van der Waals surface area contributed by atoms with Crippen molar-refractivity contribution in [2.75, 3.05) is 26.8 Å². The zero-order valence-electron chi connectivity index (χ0n) is 14.4. The first-order valence-corrected chi connectivity index (χ1v) is 8.82. The predicted octanol–water partition coefficient (Wildman–Crippen LogP) is 4.07. The second-order valence-corrected chi connectivity index (χ2v) is 6.32. The largest absolute Gasteiger partial charge is 0.496 e. The van der Waals surface area contributed by atoms with Gasteiger partial charge in [-0.3, -0.25) is 0 Å². The fourth-order valence-corrected chi connectivity index (χ4v) is 3.52. The van der Waals surface area contributed by atoms with Crippen molar-refractivity contribution in [1.29, 1.82) is 0 Å². The highest BCUT2D eigenvalue weighted by molar-refractivity contribution is 5.85. The van der Waals surface area contributed by atoms with Crippen LogP contribution in [0.3, 0.4) is 0 Å². The lowest BCUT2D eigenvalue weighted by Gasteiger charge is -2.36. The Morgan fingerprint density at radius 1 is 1.17 bits per heavy atom. The average molecular weight is 342 g/mol. The third-order valence-electron chi connectivity index (χ3n) is 4.79. The molecule has 4 heteroatoms. The summed E-state index contributed by atoms with van der Waals surface area (Å²) in [6, 6.07) is 9.10. The molecule has 1 unspecified atom stereocenters. The summed E-state index contributed by atoms with van der Waals surface area (Å²) in [5, 5.41) is 8.89. The van der Waals surface area contributed by atoms with Crippen molar-refractivity contribution in [3.63, 3.8) is 0 Å². The Balaban J connectivity index is 0.00000264. The molecule has 1 aromatic carbocycles. The van der Waals surface area contributed by atoms with Crippen LogP contribution in [0.15, 0.2) is 24.3 Å². The third kappa shape index (κ3) is 6.70. The van der Waals surface area contributed by atoms with E-state index >= 15 is 0 Å². The molecule has 1 aliphatic heterocycles. The number of aryl methyl sites for hydroxylation is 1. The van der Waals surface area contributed by atoms with Crippen LogP contribution in [0.1, 0.15) is 50.5 Å². The van der Waals surface area contributed by atoms with Crippen LogP contribution in [0.4, 0.5) is 0 Å². The number of likely N-dealkylation sites (tertiary alicyclic amines) is 1. The molecule has 0 bridgehead atoms. The maximum Gasteiger partial charge on any atom is 0.122 e. The Morgan fingerprint density at radius 2 is 2.00 bits per heavy atom. The van der Waals surface area contributed by atoms with Gasteiger partial charge in [0.2, 0.25) is 0 Å². The highest BCUT2D eigenvalue weighted by Gasteiger charge is 2.21. The third-order valence-corrected chi connectivity index (χ3v) is 4.79. The minimum Gasteiger partial charge on any atom is -0.496 e. The average Bonchev–Trinajstić information content (AvgIpc) is 2.58. The topological polar surface area (TPSA) is 32.7 Å². The number of hydrogen-bond donors (Lipinski definition) is 1. The van der Waals surface area contributed by atoms with E-state index in [1.54, 1.807) is 7.11 Å². The molecule has 0 spiro atoms. The van der Waals surface area contributed by atoms with Gasteiger partial charge in [0.1, 0.15) is 5.75 Å². The van der Waals surface area contributed by atoms with Crippen LogP contribution in [0, 0.1) is 0 Å². The Bertz CT molecular complexity index is 428. The number of methoxy groups -OCH3 is 1.